The number of amides is 1. The average molecular weight is 553 g/mol. The van der Waals surface area contributed by atoms with E-state index >= 15 is 0 Å². The highest BCUT2D eigenvalue weighted by atomic mass is 16.5. The number of ether oxygens (including phenoxy) is 1. The highest BCUT2D eigenvalue weighted by Gasteiger charge is 2.35. The van der Waals surface area contributed by atoms with Gasteiger partial charge in [-0.1, -0.05) is 30.8 Å². The lowest BCUT2D eigenvalue weighted by atomic mass is 10.0. The number of likely N-dealkylation sites (tertiary alicyclic amines) is 1. The van der Waals surface area contributed by atoms with Crippen LogP contribution in [0.25, 0.3) is 15.6 Å². The van der Waals surface area contributed by atoms with E-state index in [9.17, 15) is 4.79 Å². The number of carbonyl (C=O) groups is 1. The molecule has 0 radical (unpaired) electrons. The van der Waals surface area contributed by atoms with Gasteiger partial charge in [0.1, 0.15) is 24.3 Å². The Labute approximate surface area is 241 Å². The van der Waals surface area contributed by atoms with Crippen LogP contribution in [0.15, 0.2) is 49.2 Å². The Balaban J connectivity index is 1.33. The Morgan fingerprint density at radius 2 is 2.00 bits per heavy atom. The molecular formula is C31H36N8O2. The van der Waals surface area contributed by atoms with Crippen molar-refractivity contribution < 1.29 is 9.53 Å². The summed E-state index contributed by atoms with van der Waals surface area (Å²) in [6, 6.07) is 10.9. The van der Waals surface area contributed by atoms with E-state index in [1.54, 1.807) is 4.90 Å². The van der Waals surface area contributed by atoms with Crippen LogP contribution >= 0.6 is 0 Å². The summed E-state index contributed by atoms with van der Waals surface area (Å²) >= 11 is 0. The Hall–Kier alpha value is -4.23. The quantitative estimate of drug-likeness (QED) is 0.327. The Kier molecular flexibility index (Phi) is 7.70. The molecule has 1 aromatic carbocycles. The number of hydrogen-bond acceptors (Lipinski definition) is 8. The lowest BCUT2D eigenvalue weighted by molar-refractivity contribution is -0.128. The summed E-state index contributed by atoms with van der Waals surface area (Å²) in [5, 5.41) is 2.28. The molecule has 0 bridgehead atoms. The summed E-state index contributed by atoms with van der Waals surface area (Å²) in [6.45, 7) is 16.1. The SMILES string of the molecule is [C-]#[N+]CC1CN(c2nc(OC[C@@H]3CCCN3C)nc3c2CCN(c2nccc4ccccc24)C3)CCN1C(=O)C=C. The molecule has 6 rings (SSSR count). The molecule has 1 unspecified atom stereocenters. The van der Waals surface area contributed by atoms with Gasteiger partial charge in [-0.05, 0) is 50.4 Å². The molecule has 2 atom stereocenters. The van der Waals surface area contributed by atoms with Gasteiger partial charge in [0.2, 0.25) is 12.5 Å². The van der Waals surface area contributed by atoms with Crippen molar-refractivity contribution in [3.05, 3.63) is 71.9 Å². The molecular weight excluding hydrogens is 516 g/mol. The fourth-order valence-electron chi connectivity index (χ4n) is 6.33. The fourth-order valence-corrected chi connectivity index (χ4v) is 6.33. The highest BCUT2D eigenvalue weighted by Crippen LogP contribution is 2.34. The molecule has 0 spiro atoms. The molecule has 5 heterocycles. The molecule has 0 aliphatic carbocycles. The largest absolute Gasteiger partial charge is 0.462 e. The van der Waals surface area contributed by atoms with Gasteiger partial charge in [-0.25, -0.2) is 11.6 Å². The van der Waals surface area contributed by atoms with E-state index in [1.165, 1.54) is 12.5 Å². The van der Waals surface area contributed by atoms with Crippen LogP contribution in [0.5, 0.6) is 6.01 Å². The third-order valence-electron chi connectivity index (χ3n) is 8.59. The van der Waals surface area contributed by atoms with Crippen molar-refractivity contribution in [1.82, 2.24) is 24.8 Å². The normalized spacial score (nSPS) is 21.0. The molecule has 10 heteroatoms. The van der Waals surface area contributed by atoms with E-state index < -0.39 is 0 Å². The molecule has 1 amide bonds. The molecule has 10 nitrogen and oxygen atoms in total. The van der Waals surface area contributed by atoms with Crippen LogP contribution in [-0.4, -0.2) is 95.7 Å². The van der Waals surface area contributed by atoms with E-state index in [2.05, 4.69) is 45.3 Å². The number of nitrogens with zero attached hydrogens (tertiary/aromatic N) is 8. The minimum Gasteiger partial charge on any atom is -0.462 e. The van der Waals surface area contributed by atoms with Crippen molar-refractivity contribution in [1.29, 1.82) is 0 Å². The zero-order valence-corrected chi connectivity index (χ0v) is 23.6. The summed E-state index contributed by atoms with van der Waals surface area (Å²) in [5.74, 6) is 1.68. The molecule has 3 aliphatic heterocycles. The number of anilines is 2. The van der Waals surface area contributed by atoms with Crippen molar-refractivity contribution in [3.63, 3.8) is 0 Å². The van der Waals surface area contributed by atoms with Gasteiger partial charge in [-0.15, -0.1) is 0 Å². The van der Waals surface area contributed by atoms with Crippen LogP contribution < -0.4 is 14.5 Å². The smallest absolute Gasteiger partial charge is 0.318 e. The zero-order valence-electron chi connectivity index (χ0n) is 23.6. The Morgan fingerprint density at radius 3 is 2.80 bits per heavy atom. The average Bonchev–Trinajstić information content (AvgIpc) is 3.43. The first-order valence-corrected chi connectivity index (χ1v) is 14.4. The van der Waals surface area contributed by atoms with Gasteiger partial charge >= 0.3 is 6.01 Å². The predicted octanol–water partition coefficient (Wildman–Crippen LogP) is 3.18. The fraction of sp³-hybridized carbons (Fsp3) is 0.452. The van der Waals surface area contributed by atoms with Crippen molar-refractivity contribution >= 4 is 28.3 Å². The summed E-state index contributed by atoms with van der Waals surface area (Å²) in [5.41, 5.74) is 2.05. The standard InChI is InChI=1S/C31H36N8O2/c1-4-28(40)39-17-16-38(19-24(39)18-32-2)30-26-12-15-37(29-25-10-6-5-8-22(25)11-13-33-29)20-27(26)34-31(35-30)41-21-23-9-7-14-36(23)3/h4-6,8,10-11,13,23-24H,1,7,9,12,14-21H2,3H3/t23-,24?/m0/s1. The first-order valence-electron chi connectivity index (χ1n) is 14.4. The third kappa shape index (κ3) is 5.42. The van der Waals surface area contributed by atoms with Crippen LogP contribution in [0.1, 0.15) is 24.1 Å². The van der Waals surface area contributed by atoms with Crippen LogP contribution in [-0.2, 0) is 17.8 Å². The number of benzene rings is 1. The minimum absolute atomic E-state index is 0.133. The number of piperazine rings is 1. The Bertz CT molecular complexity index is 1480. The Morgan fingerprint density at radius 1 is 1.12 bits per heavy atom. The number of aromatic nitrogens is 3. The van der Waals surface area contributed by atoms with E-state index in [-0.39, 0.29) is 18.5 Å². The number of fused-ring (bicyclic) bond motifs is 2. The van der Waals surface area contributed by atoms with Crippen molar-refractivity contribution in [2.75, 3.05) is 62.7 Å². The third-order valence-corrected chi connectivity index (χ3v) is 8.59. The van der Waals surface area contributed by atoms with Crippen LogP contribution in [0.4, 0.5) is 11.6 Å². The second-order valence-electron chi connectivity index (χ2n) is 11.0. The lowest BCUT2D eigenvalue weighted by Crippen LogP contribution is -2.56. The molecule has 0 saturated carbocycles. The molecule has 2 fully saturated rings. The van der Waals surface area contributed by atoms with E-state index in [0.29, 0.717) is 44.8 Å². The van der Waals surface area contributed by atoms with Crippen LogP contribution in [0.2, 0.25) is 0 Å². The second kappa shape index (κ2) is 11.7. The number of hydrogen-bond donors (Lipinski definition) is 0. The van der Waals surface area contributed by atoms with Gasteiger partial charge in [0.15, 0.2) is 0 Å². The zero-order chi connectivity index (χ0) is 28.3. The molecule has 3 aliphatic rings. The topological polar surface area (TPSA) is 82.3 Å². The van der Waals surface area contributed by atoms with Crippen molar-refractivity contribution in [2.45, 2.75) is 37.9 Å². The van der Waals surface area contributed by atoms with Crippen LogP contribution in [0.3, 0.4) is 0 Å². The summed E-state index contributed by atoms with van der Waals surface area (Å²) in [4.78, 5) is 39.4. The second-order valence-corrected chi connectivity index (χ2v) is 11.0. The van der Waals surface area contributed by atoms with Crippen molar-refractivity contribution in [2.24, 2.45) is 0 Å². The van der Waals surface area contributed by atoms with E-state index in [4.69, 9.17) is 26.3 Å². The van der Waals surface area contributed by atoms with Gasteiger partial charge < -0.3 is 29.2 Å². The predicted molar refractivity (Wildman–Crippen MR) is 159 cm³/mol. The van der Waals surface area contributed by atoms with Gasteiger partial charge in [0.05, 0.1) is 12.2 Å². The molecule has 0 N–H and O–H groups in total. The molecule has 3 aromatic rings. The number of carbonyl (C=O) groups excluding carboxylic acids is 1. The molecule has 2 saturated heterocycles. The summed E-state index contributed by atoms with van der Waals surface area (Å²) in [7, 11) is 2.14. The van der Waals surface area contributed by atoms with Gasteiger partial charge in [-0.2, -0.15) is 9.97 Å². The van der Waals surface area contributed by atoms with Gasteiger partial charge in [-0.3, -0.25) is 4.79 Å². The highest BCUT2D eigenvalue weighted by molar-refractivity contribution is 5.92. The number of rotatable bonds is 7. The molecule has 212 valence electrons. The first kappa shape index (κ1) is 27.0. The van der Waals surface area contributed by atoms with E-state index in [1.807, 2.05) is 24.4 Å². The maximum absolute atomic E-state index is 12.5. The molecule has 41 heavy (non-hydrogen) atoms. The number of pyridine rings is 1. The van der Waals surface area contributed by atoms with Gasteiger partial charge in [0.25, 0.3) is 0 Å². The maximum Gasteiger partial charge on any atom is 0.318 e. The minimum atomic E-state index is -0.228. The summed E-state index contributed by atoms with van der Waals surface area (Å²) < 4.78 is 6.27. The number of likely N-dealkylation sites (N-methyl/N-ethyl adjacent to an activating group) is 1. The lowest BCUT2D eigenvalue weighted by Gasteiger charge is -2.41. The van der Waals surface area contributed by atoms with Crippen LogP contribution in [0, 0.1) is 6.57 Å². The van der Waals surface area contributed by atoms with Gasteiger partial charge in [0, 0.05) is 49.4 Å². The monoisotopic (exact) mass is 552 g/mol. The summed E-state index contributed by atoms with van der Waals surface area (Å²) in [6.07, 6.45) is 6.24. The maximum atomic E-state index is 12.5. The van der Waals surface area contributed by atoms with Crippen molar-refractivity contribution in [3.8, 4) is 6.01 Å². The van der Waals surface area contributed by atoms with E-state index in [0.717, 1.165) is 59.6 Å². The first-order chi connectivity index (χ1) is 20.1. The molecule has 2 aromatic heterocycles.